The van der Waals surface area contributed by atoms with E-state index in [0.29, 0.717) is 5.95 Å². The molecule has 1 aromatic rings. The second-order valence-corrected chi connectivity index (χ2v) is 4.12. The van der Waals surface area contributed by atoms with Crippen molar-refractivity contribution in [3.63, 3.8) is 0 Å². The summed E-state index contributed by atoms with van der Waals surface area (Å²) < 4.78 is 2.02. The Hall–Kier alpha value is -0.640. The number of imidazole rings is 1. The molecule has 0 fully saturated rings. The van der Waals surface area contributed by atoms with Crippen molar-refractivity contribution in [2.24, 2.45) is 0 Å². The smallest absolute Gasteiger partial charge is 0.200 e. The maximum Gasteiger partial charge on any atom is 0.200 e. The lowest BCUT2D eigenvalue weighted by molar-refractivity contribution is 0.642. The number of anilines is 1. The van der Waals surface area contributed by atoms with Gasteiger partial charge < -0.3 is 10.3 Å². The molecule has 0 atom stereocenters. The second-order valence-electron chi connectivity index (χ2n) is 3.13. The van der Waals surface area contributed by atoms with Gasteiger partial charge in [0.2, 0.25) is 0 Å². The third-order valence-corrected chi connectivity index (χ3v) is 2.62. The first-order valence-electron chi connectivity index (χ1n) is 4.52. The number of nitrogens with two attached hydrogens (primary N) is 1. The summed E-state index contributed by atoms with van der Waals surface area (Å²) >= 11 is 1.89. The molecule has 74 valence electrons. The van der Waals surface area contributed by atoms with Crippen molar-refractivity contribution in [1.82, 2.24) is 9.55 Å². The number of unbranched alkanes of at least 4 members (excludes halogenated alkanes) is 1. The molecule has 4 heteroatoms. The minimum atomic E-state index is 0.640. The molecule has 0 aromatic carbocycles. The van der Waals surface area contributed by atoms with Gasteiger partial charge in [-0.05, 0) is 31.8 Å². The largest absolute Gasteiger partial charge is 0.369 e. The Labute approximate surface area is 83.7 Å². The highest BCUT2D eigenvalue weighted by Crippen LogP contribution is 2.07. The molecule has 1 rings (SSSR count). The van der Waals surface area contributed by atoms with E-state index in [1.165, 1.54) is 18.6 Å². The Morgan fingerprint density at radius 2 is 2.31 bits per heavy atom. The summed E-state index contributed by atoms with van der Waals surface area (Å²) in [6.07, 6.45) is 6.57. The van der Waals surface area contributed by atoms with Crippen molar-refractivity contribution in [1.29, 1.82) is 0 Å². The summed E-state index contributed by atoms with van der Waals surface area (Å²) in [7, 11) is 0. The van der Waals surface area contributed by atoms with Crippen molar-refractivity contribution in [2.75, 3.05) is 17.7 Å². The Morgan fingerprint density at radius 3 is 2.85 bits per heavy atom. The molecule has 1 heterocycles. The zero-order valence-corrected chi connectivity index (χ0v) is 9.10. The van der Waals surface area contributed by atoms with Crippen molar-refractivity contribution in [3.8, 4) is 0 Å². The molecule has 2 N–H and O–H groups in total. The predicted octanol–water partition coefficient (Wildman–Crippen LogP) is 1.92. The first kappa shape index (κ1) is 10.4. The number of thioether (sulfide) groups is 1. The van der Waals surface area contributed by atoms with Crippen molar-refractivity contribution < 1.29 is 0 Å². The van der Waals surface area contributed by atoms with Gasteiger partial charge in [0.05, 0.1) is 5.69 Å². The van der Waals surface area contributed by atoms with Gasteiger partial charge in [-0.25, -0.2) is 4.98 Å². The number of nitrogen functional groups attached to an aromatic ring is 1. The van der Waals surface area contributed by atoms with Crippen LogP contribution in [0.1, 0.15) is 18.5 Å². The standard InChI is InChI=1S/C9H17N3S/c1-8-7-12(9(10)11-8)5-3-4-6-13-2/h7H,3-6H2,1-2H3,(H2,10,11). The molecule has 0 spiro atoms. The van der Waals surface area contributed by atoms with E-state index in [1.807, 2.05) is 29.4 Å². The van der Waals surface area contributed by atoms with E-state index in [1.54, 1.807) is 0 Å². The fraction of sp³-hybridized carbons (Fsp3) is 0.667. The normalized spacial score (nSPS) is 10.6. The summed E-state index contributed by atoms with van der Waals surface area (Å²) in [5, 5.41) is 0. The van der Waals surface area contributed by atoms with Crippen molar-refractivity contribution in [3.05, 3.63) is 11.9 Å². The van der Waals surface area contributed by atoms with Crippen LogP contribution in [-0.4, -0.2) is 21.6 Å². The maximum atomic E-state index is 5.70. The SMILES string of the molecule is CSCCCCn1cc(C)nc1N. The molecular weight excluding hydrogens is 182 g/mol. The van der Waals surface area contributed by atoms with Gasteiger partial charge in [-0.2, -0.15) is 11.8 Å². The third kappa shape index (κ3) is 3.30. The van der Waals surface area contributed by atoms with E-state index in [2.05, 4.69) is 11.2 Å². The quantitative estimate of drug-likeness (QED) is 0.737. The van der Waals surface area contributed by atoms with Crippen LogP contribution in [0.25, 0.3) is 0 Å². The van der Waals surface area contributed by atoms with Crippen LogP contribution < -0.4 is 5.73 Å². The van der Waals surface area contributed by atoms with Crippen LogP contribution in [0.5, 0.6) is 0 Å². The van der Waals surface area contributed by atoms with E-state index < -0.39 is 0 Å². The average molecular weight is 199 g/mol. The molecule has 0 saturated carbocycles. The van der Waals surface area contributed by atoms with Gasteiger partial charge in [-0.1, -0.05) is 0 Å². The minimum Gasteiger partial charge on any atom is -0.369 e. The molecule has 1 aromatic heterocycles. The molecule has 0 aliphatic rings. The molecule has 0 bridgehead atoms. The number of nitrogens with zero attached hydrogens (tertiary/aromatic N) is 2. The first-order chi connectivity index (χ1) is 6.24. The van der Waals surface area contributed by atoms with Crippen LogP contribution in [0.2, 0.25) is 0 Å². The van der Waals surface area contributed by atoms with Gasteiger partial charge in [-0.15, -0.1) is 0 Å². The van der Waals surface area contributed by atoms with Gasteiger partial charge in [0.25, 0.3) is 0 Å². The summed E-state index contributed by atoms with van der Waals surface area (Å²) in [5.41, 5.74) is 6.70. The Kier molecular flexibility index (Phi) is 4.15. The lowest BCUT2D eigenvalue weighted by Gasteiger charge is -2.02. The highest BCUT2D eigenvalue weighted by Gasteiger charge is 1.99. The van der Waals surface area contributed by atoms with Gasteiger partial charge in [-0.3, -0.25) is 0 Å². The van der Waals surface area contributed by atoms with Crippen molar-refractivity contribution in [2.45, 2.75) is 26.3 Å². The van der Waals surface area contributed by atoms with E-state index in [0.717, 1.165) is 12.2 Å². The molecule has 3 nitrogen and oxygen atoms in total. The summed E-state index contributed by atoms with van der Waals surface area (Å²) in [6.45, 7) is 2.96. The summed E-state index contributed by atoms with van der Waals surface area (Å²) in [4.78, 5) is 4.15. The Morgan fingerprint density at radius 1 is 1.54 bits per heavy atom. The van der Waals surface area contributed by atoms with Crippen LogP contribution in [0.4, 0.5) is 5.95 Å². The molecule has 13 heavy (non-hydrogen) atoms. The number of hydrogen-bond acceptors (Lipinski definition) is 3. The van der Waals surface area contributed by atoms with Gasteiger partial charge in [0.15, 0.2) is 5.95 Å². The maximum absolute atomic E-state index is 5.70. The van der Waals surface area contributed by atoms with Gasteiger partial charge >= 0.3 is 0 Å². The molecule has 0 unspecified atom stereocenters. The van der Waals surface area contributed by atoms with Crippen LogP contribution >= 0.6 is 11.8 Å². The average Bonchev–Trinajstić information content (AvgIpc) is 2.39. The monoisotopic (exact) mass is 199 g/mol. The molecule has 0 saturated heterocycles. The van der Waals surface area contributed by atoms with E-state index in [4.69, 9.17) is 5.73 Å². The molecule has 0 radical (unpaired) electrons. The number of aromatic nitrogens is 2. The van der Waals surface area contributed by atoms with E-state index in [-0.39, 0.29) is 0 Å². The fourth-order valence-electron chi connectivity index (χ4n) is 1.27. The number of rotatable bonds is 5. The van der Waals surface area contributed by atoms with Crippen LogP contribution in [0, 0.1) is 6.92 Å². The molecular formula is C9H17N3S. The zero-order chi connectivity index (χ0) is 9.68. The summed E-state index contributed by atoms with van der Waals surface area (Å²) in [6, 6.07) is 0. The number of aryl methyl sites for hydroxylation is 2. The van der Waals surface area contributed by atoms with Gasteiger partial charge in [0, 0.05) is 12.7 Å². The first-order valence-corrected chi connectivity index (χ1v) is 5.91. The fourth-order valence-corrected chi connectivity index (χ4v) is 1.77. The Bertz CT molecular complexity index is 257. The van der Waals surface area contributed by atoms with Crippen LogP contribution in [0.15, 0.2) is 6.20 Å². The third-order valence-electron chi connectivity index (χ3n) is 1.93. The lowest BCUT2D eigenvalue weighted by Crippen LogP contribution is -2.02. The predicted molar refractivity (Wildman–Crippen MR) is 59.0 cm³/mol. The number of hydrogen-bond donors (Lipinski definition) is 1. The van der Waals surface area contributed by atoms with Gasteiger partial charge in [0.1, 0.15) is 0 Å². The Balaban J connectivity index is 2.32. The minimum absolute atomic E-state index is 0.640. The highest BCUT2D eigenvalue weighted by molar-refractivity contribution is 7.98. The van der Waals surface area contributed by atoms with E-state index >= 15 is 0 Å². The van der Waals surface area contributed by atoms with E-state index in [9.17, 15) is 0 Å². The second kappa shape index (κ2) is 5.17. The van der Waals surface area contributed by atoms with Crippen molar-refractivity contribution >= 4 is 17.7 Å². The zero-order valence-electron chi connectivity index (χ0n) is 8.29. The van der Waals surface area contributed by atoms with Crippen LogP contribution in [-0.2, 0) is 6.54 Å². The van der Waals surface area contributed by atoms with Crippen LogP contribution in [0.3, 0.4) is 0 Å². The lowest BCUT2D eigenvalue weighted by atomic mass is 10.3. The topological polar surface area (TPSA) is 43.8 Å². The molecule has 0 aliphatic heterocycles. The molecule has 0 amide bonds. The molecule has 0 aliphatic carbocycles. The highest BCUT2D eigenvalue weighted by atomic mass is 32.2. The summed E-state index contributed by atoms with van der Waals surface area (Å²) in [5.74, 6) is 1.87.